The van der Waals surface area contributed by atoms with Crippen LogP contribution in [0.25, 0.3) is 0 Å². The smallest absolute Gasteiger partial charge is 0.225 e. The summed E-state index contributed by atoms with van der Waals surface area (Å²) in [6.07, 6.45) is 2.44. The van der Waals surface area contributed by atoms with Crippen molar-refractivity contribution in [3.63, 3.8) is 0 Å². The van der Waals surface area contributed by atoms with Gasteiger partial charge in [0.25, 0.3) is 0 Å². The molecular formula is C20H28ClN5O3S2. The summed E-state index contributed by atoms with van der Waals surface area (Å²) in [5.41, 5.74) is 2.09. The van der Waals surface area contributed by atoms with Crippen LogP contribution < -0.4 is 0 Å². The van der Waals surface area contributed by atoms with E-state index >= 15 is 0 Å². The molecule has 0 unspecified atom stereocenters. The molecule has 170 valence electrons. The highest BCUT2D eigenvalue weighted by molar-refractivity contribution is 8.14. The van der Waals surface area contributed by atoms with E-state index in [4.69, 9.17) is 0 Å². The number of carbonyl (C=O) groups is 1. The zero-order valence-corrected chi connectivity index (χ0v) is 20.0. The Kier molecular flexibility index (Phi) is 8.01. The van der Waals surface area contributed by atoms with Gasteiger partial charge in [-0.15, -0.1) is 17.5 Å². The van der Waals surface area contributed by atoms with E-state index in [1.165, 1.54) is 10.6 Å². The first-order chi connectivity index (χ1) is 14.4. The molecule has 0 saturated carbocycles. The Morgan fingerprint density at radius 1 is 1.00 bits per heavy atom. The number of rotatable bonds is 3. The van der Waals surface area contributed by atoms with Crippen molar-refractivity contribution in [3.8, 4) is 0 Å². The van der Waals surface area contributed by atoms with Crippen molar-refractivity contribution in [2.75, 3.05) is 51.3 Å². The number of benzene rings is 1. The minimum atomic E-state index is -3.17. The van der Waals surface area contributed by atoms with Crippen LogP contribution in [0, 0.1) is 5.92 Å². The van der Waals surface area contributed by atoms with Crippen LogP contribution in [0.5, 0.6) is 0 Å². The van der Waals surface area contributed by atoms with E-state index in [1.54, 1.807) is 11.8 Å². The molecule has 0 radical (unpaired) electrons. The fourth-order valence-corrected chi connectivity index (χ4v) is 5.86. The van der Waals surface area contributed by atoms with Gasteiger partial charge in [-0.3, -0.25) is 4.79 Å². The molecule has 31 heavy (non-hydrogen) atoms. The van der Waals surface area contributed by atoms with Crippen molar-refractivity contribution < 1.29 is 13.2 Å². The van der Waals surface area contributed by atoms with Gasteiger partial charge in [-0.2, -0.15) is 5.10 Å². The van der Waals surface area contributed by atoms with E-state index in [-0.39, 0.29) is 24.2 Å². The number of nitrogens with zero attached hydrogens (tertiary/aromatic N) is 5. The maximum atomic E-state index is 12.9. The fraction of sp³-hybridized carbons (Fsp3) is 0.550. The number of amides is 1. The molecule has 0 atom stereocenters. The standard InChI is InChI=1S/C20H27N5O3S2.ClH/c1-30(27,28)25-9-7-17(8-10-25)19(26)23-11-13-24(14-12-23)20-22-21-18(15-29-20)16-5-3-2-4-6-16;/h2-6,17H,7-15H2,1H3;1H. The highest BCUT2D eigenvalue weighted by atomic mass is 35.5. The van der Waals surface area contributed by atoms with Gasteiger partial charge in [-0.25, -0.2) is 12.7 Å². The average Bonchev–Trinajstić information content (AvgIpc) is 2.79. The van der Waals surface area contributed by atoms with Gasteiger partial charge in [-0.1, -0.05) is 42.1 Å². The molecule has 1 aromatic rings. The van der Waals surface area contributed by atoms with Crippen molar-refractivity contribution >= 4 is 51.0 Å². The van der Waals surface area contributed by atoms with E-state index in [2.05, 4.69) is 15.1 Å². The summed E-state index contributed by atoms with van der Waals surface area (Å²) in [6.45, 7) is 3.70. The number of carbonyl (C=O) groups excluding carboxylic acids is 1. The number of halogens is 1. The predicted octanol–water partition coefficient (Wildman–Crippen LogP) is 1.73. The van der Waals surface area contributed by atoms with Gasteiger partial charge in [0.05, 0.1) is 12.0 Å². The Bertz CT molecular complexity index is 939. The Labute approximate surface area is 194 Å². The van der Waals surface area contributed by atoms with Crippen molar-refractivity contribution in [1.82, 2.24) is 14.1 Å². The molecule has 3 aliphatic rings. The Hall–Kier alpha value is -1.62. The molecule has 2 fully saturated rings. The van der Waals surface area contributed by atoms with Crippen LogP contribution in [0.3, 0.4) is 0 Å². The second kappa shape index (κ2) is 10.3. The van der Waals surface area contributed by atoms with E-state index in [0.717, 1.165) is 35.3 Å². The maximum Gasteiger partial charge on any atom is 0.225 e. The molecule has 0 aromatic heterocycles. The summed E-state index contributed by atoms with van der Waals surface area (Å²) in [4.78, 5) is 17.0. The van der Waals surface area contributed by atoms with Crippen LogP contribution in [0.1, 0.15) is 18.4 Å². The first-order valence-corrected chi connectivity index (χ1v) is 13.1. The quantitative estimate of drug-likeness (QED) is 0.650. The number of piperazine rings is 1. The minimum Gasteiger partial charge on any atom is -0.346 e. The van der Waals surface area contributed by atoms with Crippen LogP contribution >= 0.6 is 24.2 Å². The van der Waals surface area contributed by atoms with E-state index in [1.807, 2.05) is 35.2 Å². The monoisotopic (exact) mass is 485 g/mol. The lowest BCUT2D eigenvalue weighted by Gasteiger charge is -2.39. The zero-order valence-electron chi connectivity index (χ0n) is 17.5. The highest BCUT2D eigenvalue weighted by Gasteiger charge is 2.33. The first-order valence-electron chi connectivity index (χ1n) is 10.2. The number of thioether (sulfide) groups is 1. The summed E-state index contributed by atoms with van der Waals surface area (Å²) < 4.78 is 24.8. The molecule has 0 spiro atoms. The van der Waals surface area contributed by atoms with Gasteiger partial charge in [0.1, 0.15) is 0 Å². The second-order valence-corrected chi connectivity index (χ2v) is 10.8. The van der Waals surface area contributed by atoms with Crippen LogP contribution in [0.15, 0.2) is 40.5 Å². The van der Waals surface area contributed by atoms with Crippen LogP contribution in [0.4, 0.5) is 0 Å². The largest absolute Gasteiger partial charge is 0.346 e. The SMILES string of the molecule is CS(=O)(=O)N1CCC(C(=O)N2CCN(C3=NN=C(c4ccccc4)CS3)CC2)CC1.Cl. The average molecular weight is 486 g/mol. The van der Waals surface area contributed by atoms with Gasteiger partial charge < -0.3 is 9.80 Å². The summed E-state index contributed by atoms with van der Waals surface area (Å²) >= 11 is 1.69. The lowest BCUT2D eigenvalue weighted by atomic mass is 9.96. The molecule has 2 saturated heterocycles. The minimum absolute atomic E-state index is 0. The third-order valence-electron chi connectivity index (χ3n) is 5.84. The molecular weight excluding hydrogens is 458 g/mol. The Morgan fingerprint density at radius 2 is 1.65 bits per heavy atom. The van der Waals surface area contributed by atoms with Gasteiger partial charge >= 0.3 is 0 Å². The van der Waals surface area contributed by atoms with Crippen molar-refractivity contribution in [1.29, 1.82) is 0 Å². The number of sulfonamides is 1. The van der Waals surface area contributed by atoms with Gasteiger partial charge in [0, 0.05) is 50.9 Å². The molecule has 0 N–H and O–H groups in total. The molecule has 1 amide bonds. The molecule has 0 aliphatic carbocycles. The maximum absolute atomic E-state index is 12.9. The van der Waals surface area contributed by atoms with Gasteiger partial charge in [0.2, 0.25) is 15.9 Å². The summed E-state index contributed by atoms with van der Waals surface area (Å²) in [5.74, 6) is 0.875. The van der Waals surface area contributed by atoms with Crippen molar-refractivity contribution in [2.45, 2.75) is 12.8 Å². The third-order valence-corrected chi connectivity index (χ3v) is 8.15. The Balaban J connectivity index is 0.00000272. The normalized spacial score (nSPS) is 21.2. The number of amidine groups is 1. The van der Waals surface area contributed by atoms with E-state index < -0.39 is 10.0 Å². The van der Waals surface area contributed by atoms with E-state index in [9.17, 15) is 13.2 Å². The molecule has 3 heterocycles. The molecule has 0 bridgehead atoms. The highest BCUT2D eigenvalue weighted by Crippen LogP contribution is 2.23. The van der Waals surface area contributed by atoms with Gasteiger partial charge in [-0.05, 0) is 18.4 Å². The van der Waals surface area contributed by atoms with Crippen molar-refractivity contribution in [2.24, 2.45) is 16.1 Å². The molecule has 4 rings (SSSR count). The first kappa shape index (κ1) is 24.0. The summed E-state index contributed by atoms with van der Waals surface area (Å²) in [5, 5.41) is 9.77. The number of hydrogen-bond acceptors (Lipinski definition) is 7. The number of piperidine rings is 1. The van der Waals surface area contributed by atoms with Crippen LogP contribution in [0.2, 0.25) is 0 Å². The van der Waals surface area contributed by atoms with Crippen LogP contribution in [-0.4, -0.2) is 90.6 Å². The lowest BCUT2D eigenvalue weighted by Crippen LogP contribution is -2.53. The second-order valence-electron chi connectivity index (χ2n) is 7.83. The van der Waals surface area contributed by atoms with Crippen molar-refractivity contribution in [3.05, 3.63) is 35.9 Å². The molecule has 8 nitrogen and oxygen atoms in total. The molecule has 3 aliphatic heterocycles. The van der Waals surface area contributed by atoms with E-state index in [0.29, 0.717) is 39.0 Å². The topological polar surface area (TPSA) is 85.7 Å². The van der Waals surface area contributed by atoms with Gasteiger partial charge in [0.15, 0.2) is 5.17 Å². The third kappa shape index (κ3) is 5.79. The van der Waals surface area contributed by atoms with Crippen LogP contribution in [-0.2, 0) is 14.8 Å². The summed E-state index contributed by atoms with van der Waals surface area (Å²) in [7, 11) is -3.17. The molecule has 11 heteroatoms. The summed E-state index contributed by atoms with van der Waals surface area (Å²) in [6, 6.07) is 10.1. The zero-order chi connectivity index (χ0) is 21.1. The molecule has 1 aromatic carbocycles. The lowest BCUT2D eigenvalue weighted by molar-refractivity contribution is -0.138. The predicted molar refractivity (Wildman–Crippen MR) is 127 cm³/mol. The number of hydrogen-bond donors (Lipinski definition) is 0. The Morgan fingerprint density at radius 3 is 2.19 bits per heavy atom. The fourth-order valence-electron chi connectivity index (χ4n) is 4.03.